The summed E-state index contributed by atoms with van der Waals surface area (Å²) in [4.78, 5) is 12.4. The molecule has 4 nitrogen and oxygen atoms in total. The molecule has 1 aliphatic heterocycles. The number of hydrogen-bond donors (Lipinski definition) is 2. The molecule has 21 heavy (non-hydrogen) atoms. The van der Waals surface area contributed by atoms with Crippen LogP contribution in [-0.2, 0) is 4.79 Å². The van der Waals surface area contributed by atoms with Crippen LogP contribution in [0.2, 0.25) is 0 Å². The number of fused-ring (bicyclic) bond motifs is 1. The zero-order chi connectivity index (χ0) is 14.7. The van der Waals surface area contributed by atoms with Gasteiger partial charge < -0.3 is 10.6 Å². The van der Waals surface area contributed by atoms with Crippen molar-refractivity contribution in [2.24, 2.45) is 5.92 Å². The van der Waals surface area contributed by atoms with Crippen molar-refractivity contribution in [3.05, 3.63) is 29.8 Å². The number of benzene rings is 1. The summed E-state index contributed by atoms with van der Waals surface area (Å²) in [6, 6.07) is 9.56. The summed E-state index contributed by atoms with van der Waals surface area (Å²) < 4.78 is 0. The second-order valence-electron chi connectivity index (χ2n) is 6.13. The lowest BCUT2D eigenvalue weighted by molar-refractivity contribution is -0.119. The van der Waals surface area contributed by atoms with Gasteiger partial charge in [-0.2, -0.15) is 5.26 Å². The van der Waals surface area contributed by atoms with Crippen LogP contribution in [0.3, 0.4) is 0 Å². The predicted molar refractivity (Wildman–Crippen MR) is 81.7 cm³/mol. The van der Waals surface area contributed by atoms with E-state index in [1.54, 1.807) is 18.2 Å². The third kappa shape index (κ3) is 3.25. The van der Waals surface area contributed by atoms with Gasteiger partial charge in [-0.05, 0) is 49.8 Å². The van der Waals surface area contributed by atoms with E-state index in [0.717, 1.165) is 18.8 Å². The van der Waals surface area contributed by atoms with Crippen molar-refractivity contribution >= 4 is 11.6 Å². The molecule has 2 fully saturated rings. The van der Waals surface area contributed by atoms with Crippen LogP contribution in [0.1, 0.15) is 44.1 Å². The Morgan fingerprint density at radius 3 is 2.95 bits per heavy atom. The van der Waals surface area contributed by atoms with Crippen LogP contribution >= 0.6 is 0 Å². The molecule has 1 saturated carbocycles. The quantitative estimate of drug-likeness (QED) is 0.877. The number of rotatable bonds is 2. The van der Waals surface area contributed by atoms with Gasteiger partial charge in [-0.3, -0.25) is 4.79 Å². The number of nitriles is 1. The monoisotopic (exact) mass is 283 g/mol. The molecule has 1 aliphatic carbocycles. The summed E-state index contributed by atoms with van der Waals surface area (Å²) in [5.41, 5.74) is 1.27. The topological polar surface area (TPSA) is 64.9 Å². The second-order valence-corrected chi connectivity index (χ2v) is 6.13. The molecule has 0 aromatic heterocycles. The summed E-state index contributed by atoms with van der Waals surface area (Å²) in [6.45, 7) is 0. The molecule has 0 spiro atoms. The Bertz CT molecular complexity index is 563. The van der Waals surface area contributed by atoms with E-state index in [1.807, 2.05) is 6.07 Å². The summed E-state index contributed by atoms with van der Waals surface area (Å²) in [7, 11) is 0. The number of nitrogens with zero attached hydrogens (tertiary/aromatic N) is 1. The van der Waals surface area contributed by atoms with Gasteiger partial charge in [0, 0.05) is 11.7 Å². The van der Waals surface area contributed by atoms with Gasteiger partial charge in [-0.25, -0.2) is 0 Å². The average molecular weight is 283 g/mol. The Hall–Kier alpha value is -1.86. The van der Waals surface area contributed by atoms with Crippen LogP contribution in [-0.4, -0.2) is 18.0 Å². The van der Waals surface area contributed by atoms with E-state index in [1.165, 1.54) is 25.7 Å². The molecule has 3 rings (SSSR count). The maximum absolute atomic E-state index is 12.4. The molecule has 0 bridgehead atoms. The van der Waals surface area contributed by atoms with Crippen LogP contribution in [0.15, 0.2) is 24.3 Å². The van der Waals surface area contributed by atoms with Crippen LogP contribution in [0.25, 0.3) is 0 Å². The third-order valence-corrected chi connectivity index (χ3v) is 4.73. The maximum Gasteiger partial charge on any atom is 0.241 e. The van der Waals surface area contributed by atoms with Gasteiger partial charge in [0.1, 0.15) is 0 Å². The highest BCUT2D eigenvalue weighted by atomic mass is 16.2. The van der Waals surface area contributed by atoms with Crippen LogP contribution in [0.4, 0.5) is 5.69 Å². The van der Waals surface area contributed by atoms with Gasteiger partial charge in [-0.1, -0.05) is 18.9 Å². The van der Waals surface area contributed by atoms with E-state index in [-0.39, 0.29) is 11.9 Å². The molecule has 1 heterocycles. The largest absolute Gasteiger partial charge is 0.325 e. The minimum atomic E-state index is -0.102. The molecule has 4 heteroatoms. The standard InChI is InChI=1S/C17H21N3O/c18-11-12-4-3-6-14(10-12)19-17(21)16-9-8-13-5-1-2-7-15(13)20-16/h3-4,6,10,13,15-16,20H,1-2,5,7-9H2,(H,19,21). The molecule has 1 saturated heterocycles. The fraction of sp³-hybridized carbons (Fsp3) is 0.529. The Kier molecular flexibility index (Phi) is 4.21. The highest BCUT2D eigenvalue weighted by Crippen LogP contribution is 2.32. The van der Waals surface area contributed by atoms with E-state index in [4.69, 9.17) is 5.26 Å². The molecule has 1 aromatic carbocycles. The van der Waals surface area contributed by atoms with Crippen LogP contribution < -0.4 is 10.6 Å². The van der Waals surface area contributed by atoms with Crippen molar-refractivity contribution in [1.82, 2.24) is 5.32 Å². The summed E-state index contributed by atoms with van der Waals surface area (Å²) in [5, 5.41) is 15.4. The van der Waals surface area contributed by atoms with Crippen molar-refractivity contribution in [3.63, 3.8) is 0 Å². The van der Waals surface area contributed by atoms with Gasteiger partial charge in [0.25, 0.3) is 0 Å². The molecule has 2 N–H and O–H groups in total. The Balaban J connectivity index is 1.61. The summed E-state index contributed by atoms with van der Waals surface area (Å²) in [6.07, 6.45) is 7.15. The number of carbonyl (C=O) groups is 1. The first kappa shape index (κ1) is 14.1. The first-order chi connectivity index (χ1) is 10.3. The maximum atomic E-state index is 12.4. The second kappa shape index (κ2) is 6.28. The molecule has 0 radical (unpaired) electrons. The molecule has 1 aromatic rings. The number of nitrogens with one attached hydrogen (secondary N) is 2. The van der Waals surface area contributed by atoms with Crippen molar-refractivity contribution in [2.75, 3.05) is 5.32 Å². The molecule has 1 amide bonds. The average Bonchev–Trinajstić information content (AvgIpc) is 2.54. The number of hydrogen-bond acceptors (Lipinski definition) is 3. The highest BCUT2D eigenvalue weighted by molar-refractivity contribution is 5.95. The Morgan fingerprint density at radius 2 is 2.10 bits per heavy atom. The highest BCUT2D eigenvalue weighted by Gasteiger charge is 2.34. The molecule has 3 atom stereocenters. The fourth-order valence-electron chi connectivity index (χ4n) is 3.60. The first-order valence-electron chi connectivity index (χ1n) is 7.83. The van der Waals surface area contributed by atoms with E-state index < -0.39 is 0 Å². The fourth-order valence-corrected chi connectivity index (χ4v) is 3.60. The van der Waals surface area contributed by atoms with Crippen LogP contribution in [0.5, 0.6) is 0 Å². The zero-order valence-electron chi connectivity index (χ0n) is 12.1. The lowest BCUT2D eigenvalue weighted by Gasteiger charge is -2.39. The van der Waals surface area contributed by atoms with Gasteiger partial charge >= 0.3 is 0 Å². The number of piperidine rings is 1. The minimum Gasteiger partial charge on any atom is -0.325 e. The van der Waals surface area contributed by atoms with Gasteiger partial charge in [0.15, 0.2) is 0 Å². The lowest BCUT2D eigenvalue weighted by Crippen LogP contribution is -2.53. The normalized spacial score (nSPS) is 28.2. The zero-order valence-corrected chi connectivity index (χ0v) is 12.1. The predicted octanol–water partition coefficient (Wildman–Crippen LogP) is 2.81. The van der Waals surface area contributed by atoms with Crippen molar-refractivity contribution in [2.45, 2.75) is 50.6 Å². The first-order valence-corrected chi connectivity index (χ1v) is 7.83. The molecular formula is C17H21N3O. The Morgan fingerprint density at radius 1 is 1.24 bits per heavy atom. The van der Waals surface area contributed by atoms with Crippen molar-refractivity contribution in [1.29, 1.82) is 5.26 Å². The number of amides is 1. The SMILES string of the molecule is N#Cc1cccc(NC(=O)C2CCC3CCCCC3N2)c1. The molecule has 3 unspecified atom stereocenters. The van der Waals surface area contributed by atoms with Crippen LogP contribution in [0, 0.1) is 17.2 Å². The van der Waals surface area contributed by atoms with Gasteiger partial charge in [0.05, 0.1) is 17.7 Å². The van der Waals surface area contributed by atoms with E-state index in [0.29, 0.717) is 17.3 Å². The molecule has 110 valence electrons. The summed E-state index contributed by atoms with van der Waals surface area (Å²) in [5.74, 6) is 0.777. The molecule has 2 aliphatic rings. The minimum absolute atomic E-state index is 0.0223. The summed E-state index contributed by atoms with van der Waals surface area (Å²) >= 11 is 0. The van der Waals surface area contributed by atoms with Crippen molar-refractivity contribution < 1.29 is 4.79 Å². The van der Waals surface area contributed by atoms with E-state index in [9.17, 15) is 4.79 Å². The Labute approximate surface area is 125 Å². The van der Waals surface area contributed by atoms with E-state index >= 15 is 0 Å². The van der Waals surface area contributed by atoms with E-state index in [2.05, 4.69) is 16.7 Å². The van der Waals surface area contributed by atoms with Gasteiger partial charge in [0.2, 0.25) is 5.91 Å². The third-order valence-electron chi connectivity index (χ3n) is 4.73. The molecular weight excluding hydrogens is 262 g/mol. The number of anilines is 1. The number of carbonyl (C=O) groups excluding carboxylic acids is 1. The smallest absolute Gasteiger partial charge is 0.241 e. The van der Waals surface area contributed by atoms with Gasteiger partial charge in [-0.15, -0.1) is 0 Å². The van der Waals surface area contributed by atoms with Crippen molar-refractivity contribution in [3.8, 4) is 6.07 Å². The lowest BCUT2D eigenvalue weighted by atomic mass is 9.77.